The van der Waals surface area contributed by atoms with Crippen LogP contribution in [0.15, 0.2) is 18.2 Å². The van der Waals surface area contributed by atoms with Gasteiger partial charge in [-0.1, -0.05) is 6.07 Å². The first-order valence-electron chi connectivity index (χ1n) is 7.15. The first-order chi connectivity index (χ1) is 10.0. The molecule has 2 N–H and O–H groups in total. The number of ether oxygens (including phenoxy) is 2. The summed E-state index contributed by atoms with van der Waals surface area (Å²) in [5, 5.41) is 0. The Morgan fingerprint density at radius 2 is 2.14 bits per heavy atom. The maximum Gasteiger partial charge on any atom is 0.419 e. The van der Waals surface area contributed by atoms with Crippen LogP contribution in [0.5, 0.6) is 5.75 Å². The molecule has 3 nitrogen and oxygen atoms in total. The van der Waals surface area contributed by atoms with Gasteiger partial charge in [-0.3, -0.25) is 0 Å². The zero-order chi connectivity index (χ0) is 15.3. The smallest absolute Gasteiger partial charge is 0.419 e. The molecule has 0 aromatic heterocycles. The van der Waals surface area contributed by atoms with Crippen molar-refractivity contribution >= 4 is 0 Å². The summed E-state index contributed by atoms with van der Waals surface area (Å²) in [4.78, 5) is 0. The summed E-state index contributed by atoms with van der Waals surface area (Å²) in [6, 6.07) is 4.13. The van der Waals surface area contributed by atoms with Crippen molar-refractivity contribution in [2.45, 2.75) is 38.0 Å². The summed E-state index contributed by atoms with van der Waals surface area (Å²) in [7, 11) is 0. The minimum Gasteiger partial charge on any atom is -0.493 e. The molecule has 1 atom stereocenters. The van der Waals surface area contributed by atoms with Crippen LogP contribution in [0.4, 0.5) is 13.2 Å². The monoisotopic (exact) mass is 303 g/mol. The van der Waals surface area contributed by atoms with Crippen LogP contribution in [-0.4, -0.2) is 25.9 Å². The predicted molar refractivity (Wildman–Crippen MR) is 73.3 cm³/mol. The van der Waals surface area contributed by atoms with Crippen molar-refractivity contribution in [1.29, 1.82) is 0 Å². The van der Waals surface area contributed by atoms with Gasteiger partial charge in [0.15, 0.2) is 0 Å². The third kappa shape index (κ3) is 4.61. The molecule has 21 heavy (non-hydrogen) atoms. The fourth-order valence-corrected chi connectivity index (χ4v) is 2.42. The van der Waals surface area contributed by atoms with Crippen LogP contribution in [-0.2, 0) is 17.3 Å². The minimum absolute atomic E-state index is 0.107. The summed E-state index contributed by atoms with van der Waals surface area (Å²) in [5.41, 5.74) is 5.21. The van der Waals surface area contributed by atoms with Crippen LogP contribution in [0.25, 0.3) is 0 Å². The fraction of sp³-hybridized carbons (Fsp3) is 0.600. The Kier molecular flexibility index (Phi) is 5.47. The number of hydrogen-bond acceptors (Lipinski definition) is 3. The number of halogens is 3. The summed E-state index contributed by atoms with van der Waals surface area (Å²) in [6.07, 6.45) is -1.34. The highest BCUT2D eigenvalue weighted by molar-refractivity contribution is 5.39. The van der Waals surface area contributed by atoms with E-state index in [0.717, 1.165) is 25.5 Å². The number of alkyl halides is 3. The van der Waals surface area contributed by atoms with Crippen LogP contribution in [0.1, 0.15) is 30.4 Å². The normalized spacial score (nSPS) is 19.0. The zero-order valence-electron chi connectivity index (χ0n) is 11.8. The standard InChI is InChI=1S/C15H20F3NO2/c16-15(17,18)13-10-11(5-7-19)3-4-14(13)21-9-6-12-2-1-8-20-12/h3-4,10,12H,1-2,5-9,19H2. The highest BCUT2D eigenvalue weighted by atomic mass is 19.4. The second-order valence-corrected chi connectivity index (χ2v) is 5.14. The lowest BCUT2D eigenvalue weighted by Gasteiger charge is -2.16. The van der Waals surface area contributed by atoms with Crippen LogP contribution >= 0.6 is 0 Å². The third-order valence-electron chi connectivity index (χ3n) is 3.50. The molecule has 0 radical (unpaired) electrons. The van der Waals surface area contributed by atoms with E-state index in [4.69, 9.17) is 15.2 Å². The second kappa shape index (κ2) is 7.13. The molecule has 0 bridgehead atoms. The highest BCUT2D eigenvalue weighted by Gasteiger charge is 2.34. The maximum absolute atomic E-state index is 13.1. The van der Waals surface area contributed by atoms with Gasteiger partial charge in [-0.2, -0.15) is 13.2 Å². The van der Waals surface area contributed by atoms with Crippen LogP contribution in [0, 0.1) is 0 Å². The average molecular weight is 303 g/mol. The molecule has 1 aromatic carbocycles. The first-order valence-corrected chi connectivity index (χ1v) is 7.15. The molecule has 1 aliphatic heterocycles. The largest absolute Gasteiger partial charge is 0.493 e. The molecule has 0 aliphatic carbocycles. The Hall–Kier alpha value is -1.27. The van der Waals surface area contributed by atoms with Gasteiger partial charge in [0.2, 0.25) is 0 Å². The lowest BCUT2D eigenvalue weighted by molar-refractivity contribution is -0.139. The Balaban J connectivity index is 2.02. The number of hydrogen-bond donors (Lipinski definition) is 1. The summed E-state index contributed by atoms with van der Waals surface area (Å²) < 4.78 is 49.9. The van der Waals surface area contributed by atoms with Crippen molar-refractivity contribution in [3.05, 3.63) is 29.3 Å². The lowest BCUT2D eigenvalue weighted by Crippen LogP contribution is -2.14. The maximum atomic E-state index is 13.1. The van der Waals surface area contributed by atoms with Crippen molar-refractivity contribution in [3.63, 3.8) is 0 Å². The van der Waals surface area contributed by atoms with Crippen molar-refractivity contribution in [2.24, 2.45) is 5.73 Å². The topological polar surface area (TPSA) is 44.5 Å². The van der Waals surface area contributed by atoms with Gasteiger partial charge < -0.3 is 15.2 Å². The summed E-state index contributed by atoms with van der Waals surface area (Å²) in [5.74, 6) is -0.124. The summed E-state index contributed by atoms with van der Waals surface area (Å²) in [6.45, 7) is 1.27. The zero-order valence-corrected chi connectivity index (χ0v) is 11.8. The molecule has 0 saturated carbocycles. The number of rotatable bonds is 6. The molecule has 1 aromatic rings. The molecule has 1 unspecified atom stereocenters. The Bertz CT molecular complexity index is 457. The second-order valence-electron chi connectivity index (χ2n) is 5.14. The molecule has 0 spiro atoms. The molecule has 1 fully saturated rings. The minimum atomic E-state index is -4.43. The van der Waals surface area contributed by atoms with Crippen molar-refractivity contribution in [3.8, 4) is 5.75 Å². The van der Waals surface area contributed by atoms with Gasteiger partial charge in [0.05, 0.1) is 18.3 Å². The predicted octanol–water partition coefficient (Wildman–Crippen LogP) is 3.15. The van der Waals surface area contributed by atoms with Gasteiger partial charge in [0, 0.05) is 13.0 Å². The molecular formula is C15H20F3NO2. The van der Waals surface area contributed by atoms with Gasteiger partial charge in [0.25, 0.3) is 0 Å². The summed E-state index contributed by atoms with van der Waals surface area (Å²) >= 11 is 0. The van der Waals surface area contributed by atoms with E-state index < -0.39 is 11.7 Å². The molecule has 1 heterocycles. The van der Waals surface area contributed by atoms with Crippen LogP contribution in [0.3, 0.4) is 0 Å². The van der Waals surface area contributed by atoms with Crippen molar-refractivity contribution < 1.29 is 22.6 Å². The van der Waals surface area contributed by atoms with Gasteiger partial charge in [0.1, 0.15) is 5.75 Å². The Morgan fingerprint density at radius 3 is 2.76 bits per heavy atom. The van der Waals surface area contributed by atoms with Crippen LogP contribution < -0.4 is 10.5 Å². The number of nitrogens with two attached hydrogens (primary N) is 1. The molecule has 2 rings (SSSR count). The SMILES string of the molecule is NCCc1ccc(OCCC2CCCO2)c(C(F)(F)F)c1. The van der Waals surface area contributed by atoms with Gasteiger partial charge >= 0.3 is 6.18 Å². The van der Waals surface area contributed by atoms with Gasteiger partial charge in [-0.25, -0.2) is 0 Å². The molecule has 6 heteroatoms. The highest BCUT2D eigenvalue weighted by Crippen LogP contribution is 2.37. The van der Waals surface area contributed by atoms with E-state index in [9.17, 15) is 13.2 Å². The molecule has 0 amide bonds. The Morgan fingerprint density at radius 1 is 1.33 bits per heavy atom. The lowest BCUT2D eigenvalue weighted by atomic mass is 10.1. The van der Waals surface area contributed by atoms with Crippen molar-refractivity contribution in [2.75, 3.05) is 19.8 Å². The first kappa shape index (κ1) is 16.1. The number of benzene rings is 1. The Labute approximate surface area is 122 Å². The van der Waals surface area contributed by atoms with E-state index in [1.54, 1.807) is 6.07 Å². The molecule has 1 aliphatic rings. The molecule has 118 valence electrons. The van der Waals surface area contributed by atoms with Gasteiger partial charge in [-0.15, -0.1) is 0 Å². The van der Waals surface area contributed by atoms with Crippen molar-refractivity contribution in [1.82, 2.24) is 0 Å². The quantitative estimate of drug-likeness (QED) is 0.878. The average Bonchev–Trinajstić information content (AvgIpc) is 2.92. The van der Waals surface area contributed by atoms with E-state index in [1.165, 1.54) is 6.07 Å². The fourth-order valence-electron chi connectivity index (χ4n) is 2.42. The van der Waals surface area contributed by atoms with E-state index >= 15 is 0 Å². The van der Waals surface area contributed by atoms with E-state index in [2.05, 4.69) is 0 Å². The van der Waals surface area contributed by atoms with E-state index in [1.807, 2.05) is 0 Å². The van der Waals surface area contributed by atoms with E-state index in [-0.39, 0.29) is 18.5 Å². The molecular weight excluding hydrogens is 283 g/mol. The molecule has 1 saturated heterocycles. The third-order valence-corrected chi connectivity index (χ3v) is 3.50. The van der Waals surface area contributed by atoms with E-state index in [0.29, 0.717) is 24.9 Å². The van der Waals surface area contributed by atoms with Gasteiger partial charge in [-0.05, 0) is 43.5 Å². The van der Waals surface area contributed by atoms with Crippen LogP contribution in [0.2, 0.25) is 0 Å².